The summed E-state index contributed by atoms with van der Waals surface area (Å²) in [5.41, 5.74) is 0.759. The van der Waals surface area contributed by atoms with Crippen molar-refractivity contribution in [2.75, 3.05) is 27.7 Å². The molecule has 1 aromatic rings. The van der Waals surface area contributed by atoms with Crippen molar-refractivity contribution < 1.29 is 33.3 Å². The van der Waals surface area contributed by atoms with E-state index in [0.29, 0.717) is 5.02 Å². The molecule has 0 amide bonds. The van der Waals surface area contributed by atoms with Crippen molar-refractivity contribution in [3.63, 3.8) is 0 Å². The Kier molecular flexibility index (Phi) is 7.40. The highest BCUT2D eigenvalue weighted by Crippen LogP contribution is 2.17. The van der Waals surface area contributed by atoms with Gasteiger partial charge >= 0.3 is 0 Å². The van der Waals surface area contributed by atoms with Gasteiger partial charge in [0.1, 0.15) is 0 Å². The van der Waals surface area contributed by atoms with Crippen molar-refractivity contribution >= 4 is 17.4 Å². The summed E-state index contributed by atoms with van der Waals surface area (Å²) in [5, 5.41) is 0.668. The van der Waals surface area contributed by atoms with Crippen molar-refractivity contribution in [1.29, 1.82) is 0 Å². The summed E-state index contributed by atoms with van der Waals surface area (Å²) in [6.07, 6.45) is 0.872. The van der Waals surface area contributed by atoms with Gasteiger partial charge in [-0.2, -0.15) is 0 Å². The van der Waals surface area contributed by atoms with Gasteiger partial charge in [-0.05, 0) is 30.7 Å². The summed E-state index contributed by atoms with van der Waals surface area (Å²) < 4.78 is 0.803. The molecule has 0 spiro atoms. The quantitative estimate of drug-likeness (QED) is 0.406. The third-order valence-electron chi connectivity index (χ3n) is 2.76. The van der Waals surface area contributed by atoms with E-state index >= 15 is 0 Å². The van der Waals surface area contributed by atoms with Gasteiger partial charge in [-0.3, -0.25) is 4.79 Å². The normalized spacial score (nSPS) is 12.7. The van der Waals surface area contributed by atoms with Crippen molar-refractivity contribution in [1.82, 2.24) is 0 Å². The zero-order valence-corrected chi connectivity index (χ0v) is 14.3. The molecular weight excluding hydrogens is 361 g/mol. The smallest absolute Gasteiger partial charge is 0.171 e. The van der Waals surface area contributed by atoms with Crippen LogP contribution in [0.1, 0.15) is 23.7 Å². The predicted octanol–water partition coefficient (Wildman–Crippen LogP) is 0.259. The lowest BCUT2D eigenvalue weighted by Gasteiger charge is -2.28. The topological polar surface area (TPSA) is 17.1 Å². The van der Waals surface area contributed by atoms with E-state index in [4.69, 9.17) is 11.6 Å². The maximum absolute atomic E-state index is 12.3. The van der Waals surface area contributed by atoms with Gasteiger partial charge in [0.2, 0.25) is 0 Å². The molecule has 0 saturated carbocycles. The number of rotatable bonds is 5. The number of quaternary nitrogens is 1. The maximum Gasteiger partial charge on any atom is 0.171 e. The monoisotopic (exact) mass is 381 g/mol. The molecule has 4 heteroatoms. The Bertz CT molecular complexity index is 384. The fourth-order valence-corrected chi connectivity index (χ4v) is 2.03. The second-order valence-corrected chi connectivity index (χ2v) is 5.89. The zero-order valence-electron chi connectivity index (χ0n) is 11.4. The summed E-state index contributed by atoms with van der Waals surface area (Å²) in [6.45, 7) is 2.92. The number of Topliss-reactive ketones (excluding diaryl/α,β-unsaturated/α-hetero) is 1. The van der Waals surface area contributed by atoms with Crippen LogP contribution in [0, 0.1) is 5.92 Å². The molecule has 0 saturated heterocycles. The SMILES string of the molecule is CCC(C[N+](C)(C)C)C(=O)c1ccc(Cl)cc1.[I-]. The first kappa shape index (κ1) is 17.9. The fourth-order valence-electron chi connectivity index (χ4n) is 1.91. The molecule has 0 aromatic heterocycles. The molecular formula is C14H21ClINO. The van der Waals surface area contributed by atoms with Crippen LogP contribution < -0.4 is 24.0 Å². The Morgan fingerprint density at radius 2 is 1.72 bits per heavy atom. The van der Waals surface area contributed by atoms with Gasteiger partial charge in [-0.25, -0.2) is 0 Å². The molecule has 0 bridgehead atoms. The van der Waals surface area contributed by atoms with Crippen LogP contribution in [0.4, 0.5) is 0 Å². The van der Waals surface area contributed by atoms with Crippen LogP contribution in [0.25, 0.3) is 0 Å². The average molecular weight is 382 g/mol. The fraction of sp³-hybridized carbons (Fsp3) is 0.500. The summed E-state index contributed by atoms with van der Waals surface area (Å²) in [7, 11) is 6.33. The van der Waals surface area contributed by atoms with Crippen LogP contribution in [-0.4, -0.2) is 38.0 Å². The molecule has 102 valence electrons. The first-order valence-corrected chi connectivity index (χ1v) is 6.31. The Balaban J connectivity index is 0.00000289. The zero-order chi connectivity index (χ0) is 13.1. The van der Waals surface area contributed by atoms with Gasteiger partial charge in [0.15, 0.2) is 5.78 Å². The highest BCUT2D eigenvalue weighted by molar-refractivity contribution is 6.30. The van der Waals surface area contributed by atoms with Crippen LogP contribution >= 0.6 is 11.6 Å². The minimum Gasteiger partial charge on any atom is -1.00 e. The molecule has 2 nitrogen and oxygen atoms in total. The Labute approximate surface area is 132 Å². The van der Waals surface area contributed by atoms with Crippen LogP contribution in [0.2, 0.25) is 5.02 Å². The molecule has 0 aliphatic rings. The maximum atomic E-state index is 12.3. The molecule has 18 heavy (non-hydrogen) atoms. The molecule has 0 radical (unpaired) electrons. The molecule has 1 atom stereocenters. The van der Waals surface area contributed by atoms with E-state index in [1.807, 2.05) is 12.1 Å². The molecule has 1 aromatic carbocycles. The first-order chi connectivity index (χ1) is 7.83. The highest BCUT2D eigenvalue weighted by Gasteiger charge is 2.24. The highest BCUT2D eigenvalue weighted by atomic mass is 127. The Morgan fingerprint density at radius 3 is 2.11 bits per heavy atom. The lowest BCUT2D eigenvalue weighted by Crippen LogP contribution is -3.00. The summed E-state index contributed by atoms with van der Waals surface area (Å²) in [6, 6.07) is 7.16. The van der Waals surface area contributed by atoms with Crippen LogP contribution in [0.5, 0.6) is 0 Å². The van der Waals surface area contributed by atoms with Gasteiger partial charge in [0.25, 0.3) is 0 Å². The molecule has 0 aliphatic carbocycles. The second kappa shape index (κ2) is 7.46. The third-order valence-corrected chi connectivity index (χ3v) is 3.01. The molecule has 0 fully saturated rings. The van der Waals surface area contributed by atoms with Crippen molar-refractivity contribution in [3.8, 4) is 0 Å². The van der Waals surface area contributed by atoms with E-state index in [2.05, 4.69) is 28.1 Å². The molecule has 0 aliphatic heterocycles. The molecule has 1 unspecified atom stereocenters. The minimum atomic E-state index is 0. The summed E-state index contributed by atoms with van der Waals surface area (Å²) >= 11 is 5.82. The number of hydrogen-bond donors (Lipinski definition) is 0. The largest absolute Gasteiger partial charge is 1.00 e. The minimum absolute atomic E-state index is 0. The number of ketones is 1. The molecule has 1 rings (SSSR count). The van der Waals surface area contributed by atoms with E-state index < -0.39 is 0 Å². The van der Waals surface area contributed by atoms with Crippen LogP contribution in [-0.2, 0) is 0 Å². The van der Waals surface area contributed by atoms with E-state index in [0.717, 1.165) is 23.0 Å². The predicted molar refractivity (Wildman–Crippen MR) is 72.5 cm³/mol. The number of benzene rings is 1. The van der Waals surface area contributed by atoms with Crippen molar-refractivity contribution in [2.24, 2.45) is 5.92 Å². The van der Waals surface area contributed by atoms with E-state index in [9.17, 15) is 4.79 Å². The third kappa shape index (κ3) is 5.67. The van der Waals surface area contributed by atoms with E-state index in [1.54, 1.807) is 12.1 Å². The number of nitrogens with zero attached hydrogens (tertiary/aromatic N) is 1. The first-order valence-electron chi connectivity index (χ1n) is 5.93. The summed E-state index contributed by atoms with van der Waals surface area (Å²) in [4.78, 5) is 12.3. The Morgan fingerprint density at radius 1 is 1.22 bits per heavy atom. The van der Waals surface area contributed by atoms with Gasteiger partial charge in [-0.15, -0.1) is 0 Å². The summed E-state index contributed by atoms with van der Waals surface area (Å²) in [5.74, 6) is 0.299. The van der Waals surface area contributed by atoms with E-state index in [-0.39, 0.29) is 35.7 Å². The molecule has 0 N–H and O–H groups in total. The van der Waals surface area contributed by atoms with Crippen LogP contribution in [0.3, 0.4) is 0 Å². The van der Waals surface area contributed by atoms with Crippen molar-refractivity contribution in [3.05, 3.63) is 34.9 Å². The number of hydrogen-bond acceptors (Lipinski definition) is 1. The van der Waals surface area contributed by atoms with Gasteiger partial charge in [0, 0.05) is 10.6 Å². The lowest BCUT2D eigenvalue weighted by molar-refractivity contribution is -0.872. The lowest BCUT2D eigenvalue weighted by atomic mass is 9.94. The molecule has 0 heterocycles. The Hall–Kier alpha value is -0.130. The van der Waals surface area contributed by atoms with E-state index in [1.165, 1.54) is 0 Å². The second-order valence-electron chi connectivity index (χ2n) is 5.45. The van der Waals surface area contributed by atoms with Gasteiger partial charge in [0.05, 0.1) is 33.6 Å². The number of carbonyl (C=O) groups is 1. The van der Waals surface area contributed by atoms with Gasteiger partial charge < -0.3 is 28.5 Å². The standard InChI is InChI=1S/C14H21ClNO.HI/c1-5-11(10-16(2,3)4)14(17)12-6-8-13(15)9-7-12;/h6-9,11H,5,10H2,1-4H3;1H/q+1;/p-1. The van der Waals surface area contributed by atoms with Crippen molar-refractivity contribution in [2.45, 2.75) is 13.3 Å². The van der Waals surface area contributed by atoms with Crippen LogP contribution in [0.15, 0.2) is 24.3 Å². The van der Waals surface area contributed by atoms with Gasteiger partial charge in [-0.1, -0.05) is 18.5 Å². The average Bonchev–Trinajstić information content (AvgIpc) is 2.25. The number of halogens is 2. The number of carbonyl (C=O) groups excluding carboxylic acids is 1.